The summed E-state index contributed by atoms with van der Waals surface area (Å²) in [7, 11) is 0. The molecule has 3 aromatic rings. The maximum absolute atomic E-state index is 12.8. The zero-order valence-corrected chi connectivity index (χ0v) is 17.2. The van der Waals surface area contributed by atoms with Crippen LogP contribution < -0.4 is 10.1 Å². The maximum atomic E-state index is 12.8. The first-order chi connectivity index (χ1) is 14.6. The molecule has 3 rings (SSSR count). The highest BCUT2D eigenvalue weighted by molar-refractivity contribution is 6.31. The number of aromatic hydroxyl groups is 1. The van der Waals surface area contributed by atoms with Crippen LogP contribution >= 0.6 is 11.6 Å². The van der Waals surface area contributed by atoms with Gasteiger partial charge in [-0.1, -0.05) is 35.9 Å². The molecule has 31 heavy (non-hydrogen) atoms. The first-order valence-electron chi connectivity index (χ1n) is 9.33. The molecule has 0 fully saturated rings. The van der Waals surface area contributed by atoms with Gasteiger partial charge in [0.25, 0.3) is 5.91 Å². The summed E-state index contributed by atoms with van der Waals surface area (Å²) in [5.74, 6) is -0.291. The zero-order valence-electron chi connectivity index (χ0n) is 16.5. The lowest BCUT2D eigenvalue weighted by Crippen LogP contribution is -2.13. The molecule has 0 bridgehead atoms. The fraction of sp³-hybridized carbons (Fsp3) is 0.174. The summed E-state index contributed by atoms with van der Waals surface area (Å²) in [6.07, 6.45) is -4.10. The number of alkyl halides is 3. The van der Waals surface area contributed by atoms with Crippen molar-refractivity contribution >= 4 is 23.2 Å². The first kappa shape index (κ1) is 22.5. The molecule has 0 saturated heterocycles. The van der Waals surface area contributed by atoms with E-state index in [0.717, 1.165) is 17.7 Å². The summed E-state index contributed by atoms with van der Waals surface area (Å²) in [5.41, 5.74) is 1.07. The molecule has 0 saturated carbocycles. The standard InChI is InChI=1S/C23H19ClF3NO3/c1-14-5-7-18(31-10-9-15-3-2-4-16(11-15)23(25,26)27)13-20(14)28-22(30)19-12-17(24)6-8-21(19)29/h2-8,11-13,29H,9-10H2,1H3,(H,28,30). The number of aryl methyl sites for hydroxylation is 1. The minimum Gasteiger partial charge on any atom is -0.507 e. The van der Waals surface area contributed by atoms with Crippen LogP contribution in [0.4, 0.5) is 18.9 Å². The molecule has 1 amide bonds. The van der Waals surface area contributed by atoms with Crippen LogP contribution in [-0.2, 0) is 12.6 Å². The number of anilines is 1. The topological polar surface area (TPSA) is 58.6 Å². The van der Waals surface area contributed by atoms with Gasteiger partial charge in [-0.2, -0.15) is 13.2 Å². The van der Waals surface area contributed by atoms with Crippen molar-refractivity contribution in [2.24, 2.45) is 0 Å². The predicted molar refractivity (Wildman–Crippen MR) is 113 cm³/mol. The number of halogens is 4. The van der Waals surface area contributed by atoms with Crippen molar-refractivity contribution in [3.8, 4) is 11.5 Å². The molecule has 0 aromatic heterocycles. The smallest absolute Gasteiger partial charge is 0.416 e. The van der Waals surface area contributed by atoms with E-state index in [-0.39, 0.29) is 24.3 Å². The molecule has 0 atom stereocenters. The Morgan fingerprint density at radius 3 is 2.61 bits per heavy atom. The van der Waals surface area contributed by atoms with Crippen molar-refractivity contribution in [2.45, 2.75) is 19.5 Å². The number of amides is 1. The number of rotatable bonds is 6. The largest absolute Gasteiger partial charge is 0.507 e. The van der Waals surface area contributed by atoms with Crippen molar-refractivity contribution in [2.75, 3.05) is 11.9 Å². The van der Waals surface area contributed by atoms with Crippen molar-refractivity contribution in [3.05, 3.63) is 87.9 Å². The van der Waals surface area contributed by atoms with Crippen molar-refractivity contribution in [1.29, 1.82) is 0 Å². The normalized spacial score (nSPS) is 11.3. The van der Waals surface area contributed by atoms with Gasteiger partial charge in [-0.05, 0) is 48.4 Å². The molecule has 0 unspecified atom stereocenters. The molecule has 8 heteroatoms. The minimum atomic E-state index is -4.39. The van der Waals surface area contributed by atoms with Crippen LogP contribution in [0, 0.1) is 6.92 Å². The molecule has 2 N–H and O–H groups in total. The number of hydrogen-bond acceptors (Lipinski definition) is 3. The number of phenolic OH excluding ortho intramolecular Hbond substituents is 1. The van der Waals surface area contributed by atoms with E-state index in [4.69, 9.17) is 16.3 Å². The van der Waals surface area contributed by atoms with Gasteiger partial charge in [-0.3, -0.25) is 4.79 Å². The molecular weight excluding hydrogens is 431 g/mol. The second-order valence-electron chi connectivity index (χ2n) is 6.89. The summed E-state index contributed by atoms with van der Waals surface area (Å²) in [5, 5.41) is 12.9. The second kappa shape index (κ2) is 9.31. The Kier molecular flexibility index (Phi) is 6.75. The fourth-order valence-corrected chi connectivity index (χ4v) is 3.07. The summed E-state index contributed by atoms with van der Waals surface area (Å²) < 4.78 is 44.1. The van der Waals surface area contributed by atoms with E-state index in [2.05, 4.69) is 5.32 Å². The summed E-state index contributed by atoms with van der Waals surface area (Å²) in [4.78, 5) is 12.5. The third kappa shape index (κ3) is 5.92. The van der Waals surface area contributed by atoms with Crippen molar-refractivity contribution in [3.63, 3.8) is 0 Å². The van der Waals surface area contributed by atoms with Crippen LogP contribution in [0.3, 0.4) is 0 Å². The Labute approximate surface area is 182 Å². The Morgan fingerprint density at radius 2 is 1.87 bits per heavy atom. The van der Waals surface area contributed by atoms with Gasteiger partial charge in [0.05, 0.1) is 17.7 Å². The van der Waals surface area contributed by atoms with Crippen molar-refractivity contribution < 1.29 is 27.8 Å². The molecular formula is C23H19ClF3NO3. The van der Waals surface area contributed by atoms with Gasteiger partial charge < -0.3 is 15.2 Å². The zero-order chi connectivity index (χ0) is 22.6. The molecule has 0 heterocycles. The Balaban J connectivity index is 1.66. The van der Waals surface area contributed by atoms with Gasteiger partial charge in [0.2, 0.25) is 0 Å². The maximum Gasteiger partial charge on any atom is 0.416 e. The second-order valence-corrected chi connectivity index (χ2v) is 7.33. The lowest BCUT2D eigenvalue weighted by Gasteiger charge is -2.13. The predicted octanol–water partition coefficient (Wildman–Crippen LogP) is 6.25. The molecule has 0 aliphatic rings. The Morgan fingerprint density at radius 1 is 1.10 bits per heavy atom. The highest BCUT2D eigenvalue weighted by Crippen LogP contribution is 2.30. The first-order valence-corrected chi connectivity index (χ1v) is 9.71. The number of hydrogen-bond donors (Lipinski definition) is 2. The Bertz CT molecular complexity index is 1100. The molecule has 162 valence electrons. The van der Waals surface area contributed by atoms with Gasteiger partial charge in [0, 0.05) is 23.2 Å². The molecule has 0 spiro atoms. The van der Waals surface area contributed by atoms with Crippen LogP contribution in [-0.4, -0.2) is 17.6 Å². The van der Waals surface area contributed by atoms with Gasteiger partial charge in [-0.15, -0.1) is 0 Å². The molecule has 0 aliphatic carbocycles. The number of benzene rings is 3. The van der Waals surface area contributed by atoms with Crippen LogP contribution in [0.2, 0.25) is 5.02 Å². The summed E-state index contributed by atoms with van der Waals surface area (Å²) >= 11 is 5.89. The quantitative estimate of drug-likeness (QED) is 0.468. The average molecular weight is 450 g/mol. The van der Waals surface area contributed by atoms with E-state index in [1.165, 1.54) is 24.3 Å². The lowest BCUT2D eigenvalue weighted by molar-refractivity contribution is -0.137. The van der Waals surface area contributed by atoms with E-state index in [1.807, 2.05) is 0 Å². The highest BCUT2D eigenvalue weighted by atomic mass is 35.5. The van der Waals surface area contributed by atoms with E-state index in [0.29, 0.717) is 22.0 Å². The summed E-state index contributed by atoms with van der Waals surface area (Å²) in [6, 6.07) is 14.3. The monoisotopic (exact) mass is 449 g/mol. The van der Waals surface area contributed by atoms with Crippen LogP contribution in [0.5, 0.6) is 11.5 Å². The average Bonchev–Trinajstić information content (AvgIpc) is 2.71. The number of phenols is 1. The van der Waals surface area contributed by atoms with Crippen molar-refractivity contribution in [1.82, 2.24) is 0 Å². The van der Waals surface area contributed by atoms with Gasteiger partial charge >= 0.3 is 6.18 Å². The fourth-order valence-electron chi connectivity index (χ4n) is 2.90. The van der Waals surface area contributed by atoms with E-state index >= 15 is 0 Å². The van der Waals surface area contributed by atoms with Crippen LogP contribution in [0.25, 0.3) is 0 Å². The minimum absolute atomic E-state index is 0.0303. The van der Waals surface area contributed by atoms with Crippen LogP contribution in [0.15, 0.2) is 60.7 Å². The molecule has 0 radical (unpaired) electrons. The number of ether oxygens (including phenoxy) is 1. The van der Waals surface area contributed by atoms with E-state index in [1.54, 1.807) is 31.2 Å². The lowest BCUT2D eigenvalue weighted by atomic mass is 10.1. The Hall–Kier alpha value is -3.19. The SMILES string of the molecule is Cc1ccc(OCCc2cccc(C(F)(F)F)c2)cc1NC(=O)c1cc(Cl)ccc1O. The summed E-state index contributed by atoms with van der Waals surface area (Å²) in [6.45, 7) is 1.95. The van der Waals surface area contributed by atoms with Gasteiger partial charge in [0.1, 0.15) is 11.5 Å². The third-order valence-electron chi connectivity index (χ3n) is 4.57. The van der Waals surface area contributed by atoms with E-state index < -0.39 is 17.6 Å². The van der Waals surface area contributed by atoms with E-state index in [9.17, 15) is 23.1 Å². The van der Waals surface area contributed by atoms with Gasteiger partial charge in [0.15, 0.2) is 0 Å². The molecule has 4 nitrogen and oxygen atoms in total. The number of carbonyl (C=O) groups excluding carboxylic acids is 1. The number of nitrogens with one attached hydrogen (secondary N) is 1. The number of carbonyl (C=O) groups is 1. The van der Waals surface area contributed by atoms with Crippen LogP contribution in [0.1, 0.15) is 27.0 Å². The molecule has 0 aliphatic heterocycles. The third-order valence-corrected chi connectivity index (χ3v) is 4.81. The highest BCUT2D eigenvalue weighted by Gasteiger charge is 2.30. The van der Waals surface area contributed by atoms with Gasteiger partial charge in [-0.25, -0.2) is 0 Å². The molecule has 3 aromatic carbocycles.